The minimum absolute atomic E-state index is 0.0748. The molecule has 0 fully saturated rings. The van der Waals surface area contributed by atoms with Crippen molar-refractivity contribution in [2.75, 3.05) is 13.6 Å². The molecule has 5 N–H and O–H groups in total. The standard InChI is InChI=1S/C8H18N4O.2C2H6/c1-6(13)7(11-2)4-3-5-12-8(9)10;2*1-2/h7,11H,3-5H2,1-2H3,(H4,9,10,12);2*1-2H3. The van der Waals surface area contributed by atoms with Crippen LogP contribution in [-0.2, 0) is 4.79 Å². The lowest BCUT2D eigenvalue weighted by atomic mass is 10.1. The Morgan fingerprint density at radius 1 is 1.24 bits per heavy atom. The zero-order valence-electron chi connectivity index (χ0n) is 12.2. The highest BCUT2D eigenvalue weighted by molar-refractivity contribution is 5.81. The quantitative estimate of drug-likeness (QED) is 0.374. The Bertz CT molecular complexity index is 189. The van der Waals surface area contributed by atoms with Crippen LogP contribution in [0.3, 0.4) is 0 Å². The first kappa shape index (κ1) is 21.2. The Morgan fingerprint density at radius 2 is 1.71 bits per heavy atom. The van der Waals surface area contributed by atoms with E-state index < -0.39 is 0 Å². The van der Waals surface area contributed by atoms with Gasteiger partial charge in [-0.25, -0.2) is 0 Å². The molecule has 0 aromatic rings. The predicted octanol–water partition coefficient (Wildman–Crippen LogP) is 1.27. The zero-order chi connectivity index (χ0) is 14.3. The Balaban J connectivity index is -0.000000439. The molecule has 104 valence electrons. The van der Waals surface area contributed by atoms with Gasteiger partial charge in [0.15, 0.2) is 5.96 Å². The van der Waals surface area contributed by atoms with Crippen molar-refractivity contribution in [2.24, 2.45) is 16.5 Å². The molecule has 0 rings (SSSR count). The van der Waals surface area contributed by atoms with E-state index >= 15 is 0 Å². The fourth-order valence-electron chi connectivity index (χ4n) is 1.05. The zero-order valence-corrected chi connectivity index (χ0v) is 12.2. The van der Waals surface area contributed by atoms with Crippen LogP contribution >= 0.6 is 0 Å². The highest BCUT2D eigenvalue weighted by Crippen LogP contribution is 1.98. The summed E-state index contributed by atoms with van der Waals surface area (Å²) in [5, 5.41) is 2.93. The van der Waals surface area contributed by atoms with Crippen LogP contribution < -0.4 is 16.8 Å². The molecular weight excluding hydrogens is 216 g/mol. The Morgan fingerprint density at radius 3 is 2.00 bits per heavy atom. The summed E-state index contributed by atoms with van der Waals surface area (Å²) in [4.78, 5) is 14.8. The molecule has 0 aliphatic carbocycles. The van der Waals surface area contributed by atoms with Gasteiger partial charge in [-0.05, 0) is 26.8 Å². The summed E-state index contributed by atoms with van der Waals surface area (Å²) in [5.74, 6) is 0.246. The average molecular weight is 246 g/mol. The van der Waals surface area contributed by atoms with Crippen LogP contribution in [0.25, 0.3) is 0 Å². The van der Waals surface area contributed by atoms with E-state index in [1.807, 2.05) is 27.7 Å². The SMILES string of the molecule is CC.CC.CNC(CCCN=C(N)N)C(C)=O. The molecule has 0 heterocycles. The van der Waals surface area contributed by atoms with Gasteiger partial charge in [0, 0.05) is 6.54 Å². The highest BCUT2D eigenvalue weighted by Gasteiger charge is 2.09. The number of nitrogens with zero attached hydrogens (tertiary/aromatic N) is 1. The van der Waals surface area contributed by atoms with Gasteiger partial charge in [0.25, 0.3) is 0 Å². The Kier molecular flexibility index (Phi) is 21.6. The van der Waals surface area contributed by atoms with Gasteiger partial charge in [0.05, 0.1) is 6.04 Å². The molecule has 0 amide bonds. The van der Waals surface area contributed by atoms with Crippen LogP contribution in [0.1, 0.15) is 47.5 Å². The number of nitrogens with one attached hydrogen (secondary N) is 1. The van der Waals surface area contributed by atoms with Crippen molar-refractivity contribution >= 4 is 11.7 Å². The number of hydrogen-bond donors (Lipinski definition) is 3. The van der Waals surface area contributed by atoms with E-state index in [0.717, 1.165) is 12.8 Å². The van der Waals surface area contributed by atoms with Crippen molar-refractivity contribution in [2.45, 2.75) is 53.5 Å². The molecular formula is C12H30N4O. The van der Waals surface area contributed by atoms with E-state index in [1.54, 1.807) is 14.0 Å². The van der Waals surface area contributed by atoms with Crippen molar-refractivity contribution in [1.82, 2.24) is 5.32 Å². The summed E-state index contributed by atoms with van der Waals surface area (Å²) < 4.78 is 0. The molecule has 0 aliphatic rings. The first-order valence-corrected chi connectivity index (χ1v) is 6.31. The number of aliphatic imine (C=N–C) groups is 1. The van der Waals surface area contributed by atoms with Gasteiger partial charge in [-0.15, -0.1) is 0 Å². The van der Waals surface area contributed by atoms with Crippen molar-refractivity contribution in [3.05, 3.63) is 0 Å². The summed E-state index contributed by atoms with van der Waals surface area (Å²) in [5.41, 5.74) is 10.3. The summed E-state index contributed by atoms with van der Waals surface area (Å²) in [6.07, 6.45) is 1.58. The normalized spacial score (nSPS) is 10.0. The number of carbonyl (C=O) groups excluding carboxylic acids is 1. The first-order valence-electron chi connectivity index (χ1n) is 6.31. The number of rotatable bonds is 6. The second-order valence-electron chi connectivity index (χ2n) is 2.90. The van der Waals surface area contributed by atoms with Crippen molar-refractivity contribution in [3.63, 3.8) is 0 Å². The van der Waals surface area contributed by atoms with Crippen molar-refractivity contribution in [1.29, 1.82) is 0 Å². The fourth-order valence-corrected chi connectivity index (χ4v) is 1.05. The highest BCUT2D eigenvalue weighted by atomic mass is 16.1. The van der Waals surface area contributed by atoms with Crippen molar-refractivity contribution in [3.8, 4) is 0 Å². The van der Waals surface area contributed by atoms with Crippen molar-refractivity contribution < 1.29 is 4.79 Å². The summed E-state index contributed by atoms with van der Waals surface area (Å²) in [6, 6.07) is -0.0748. The third kappa shape index (κ3) is 17.5. The van der Waals surface area contributed by atoms with Crippen LogP contribution in [0, 0.1) is 0 Å². The molecule has 5 heteroatoms. The number of guanidine groups is 1. The van der Waals surface area contributed by atoms with E-state index in [1.165, 1.54) is 0 Å². The summed E-state index contributed by atoms with van der Waals surface area (Å²) >= 11 is 0. The van der Waals surface area contributed by atoms with E-state index in [-0.39, 0.29) is 17.8 Å². The molecule has 5 nitrogen and oxygen atoms in total. The third-order valence-electron chi connectivity index (χ3n) is 1.78. The van der Waals surface area contributed by atoms with Crippen LogP contribution in [0.15, 0.2) is 4.99 Å². The van der Waals surface area contributed by atoms with E-state index in [2.05, 4.69) is 10.3 Å². The molecule has 0 spiro atoms. The first-order chi connectivity index (χ1) is 8.07. The molecule has 0 aliphatic heterocycles. The second-order valence-corrected chi connectivity index (χ2v) is 2.90. The molecule has 0 saturated heterocycles. The molecule has 0 radical (unpaired) electrons. The average Bonchev–Trinajstić information content (AvgIpc) is 2.33. The number of hydrogen-bond acceptors (Lipinski definition) is 3. The topological polar surface area (TPSA) is 93.5 Å². The van der Waals surface area contributed by atoms with Crippen LogP contribution in [-0.4, -0.2) is 31.4 Å². The van der Waals surface area contributed by atoms with Gasteiger partial charge in [-0.1, -0.05) is 27.7 Å². The lowest BCUT2D eigenvalue weighted by molar-refractivity contribution is -0.119. The minimum Gasteiger partial charge on any atom is -0.370 e. The maximum atomic E-state index is 11.0. The maximum Gasteiger partial charge on any atom is 0.185 e. The van der Waals surface area contributed by atoms with Crippen LogP contribution in [0.2, 0.25) is 0 Å². The Hall–Kier alpha value is -1.10. The molecule has 0 aromatic heterocycles. The number of nitrogens with two attached hydrogens (primary N) is 2. The van der Waals surface area contributed by atoms with Gasteiger partial charge >= 0.3 is 0 Å². The van der Waals surface area contributed by atoms with Crippen LogP contribution in [0.5, 0.6) is 0 Å². The molecule has 0 aromatic carbocycles. The second kappa shape index (κ2) is 17.3. The van der Waals surface area contributed by atoms with Gasteiger partial charge in [0.1, 0.15) is 5.78 Å². The number of carbonyl (C=O) groups is 1. The van der Waals surface area contributed by atoms with Gasteiger partial charge < -0.3 is 16.8 Å². The number of likely N-dealkylation sites (N-methyl/N-ethyl adjacent to an activating group) is 1. The van der Waals surface area contributed by atoms with Crippen LogP contribution in [0.4, 0.5) is 0 Å². The van der Waals surface area contributed by atoms with Gasteiger partial charge in [-0.3, -0.25) is 9.79 Å². The smallest absolute Gasteiger partial charge is 0.185 e. The number of ketones is 1. The Labute approximate surface area is 106 Å². The van der Waals surface area contributed by atoms with Gasteiger partial charge in [-0.2, -0.15) is 0 Å². The van der Waals surface area contributed by atoms with E-state index in [0.29, 0.717) is 6.54 Å². The monoisotopic (exact) mass is 246 g/mol. The number of Topliss-reactive ketones (excluding diaryl/α,β-unsaturated/α-hetero) is 1. The van der Waals surface area contributed by atoms with E-state index in [9.17, 15) is 4.79 Å². The van der Waals surface area contributed by atoms with E-state index in [4.69, 9.17) is 11.5 Å². The summed E-state index contributed by atoms with van der Waals surface area (Å²) in [7, 11) is 1.77. The largest absolute Gasteiger partial charge is 0.370 e. The summed E-state index contributed by atoms with van der Waals surface area (Å²) in [6.45, 7) is 10.1. The predicted molar refractivity (Wildman–Crippen MR) is 76.1 cm³/mol. The molecule has 1 atom stereocenters. The maximum absolute atomic E-state index is 11.0. The molecule has 0 bridgehead atoms. The minimum atomic E-state index is -0.0748. The fraction of sp³-hybridized carbons (Fsp3) is 0.833. The van der Waals surface area contributed by atoms with Gasteiger partial charge in [0.2, 0.25) is 0 Å². The lowest BCUT2D eigenvalue weighted by Gasteiger charge is -2.10. The molecule has 17 heavy (non-hydrogen) atoms. The molecule has 0 saturated carbocycles. The third-order valence-corrected chi connectivity index (χ3v) is 1.78. The lowest BCUT2D eigenvalue weighted by Crippen LogP contribution is -2.32. The molecule has 1 unspecified atom stereocenters.